The number of fused-ring (bicyclic) bond motifs is 1. The summed E-state index contributed by atoms with van der Waals surface area (Å²) in [7, 11) is 0. The summed E-state index contributed by atoms with van der Waals surface area (Å²) in [5.41, 5.74) is 1.71. The molecule has 1 amide bonds. The Morgan fingerprint density at radius 1 is 1.25 bits per heavy atom. The molecular weight excluding hydrogens is 268 g/mol. The van der Waals surface area contributed by atoms with Gasteiger partial charge < -0.3 is 4.90 Å². The number of hydrogen-bond acceptors (Lipinski definition) is 3. The van der Waals surface area contributed by atoms with E-state index in [9.17, 15) is 4.79 Å². The molecule has 20 heavy (non-hydrogen) atoms. The maximum Gasteiger partial charge on any atom is 0.258 e. The maximum atomic E-state index is 12.7. The fourth-order valence-corrected chi connectivity index (χ4v) is 3.46. The van der Waals surface area contributed by atoms with E-state index >= 15 is 0 Å². The van der Waals surface area contributed by atoms with Crippen molar-refractivity contribution in [1.29, 1.82) is 0 Å². The van der Waals surface area contributed by atoms with Crippen molar-refractivity contribution in [1.82, 2.24) is 4.98 Å². The first-order valence-electron chi connectivity index (χ1n) is 6.73. The van der Waals surface area contributed by atoms with Gasteiger partial charge in [-0.25, -0.2) is 0 Å². The van der Waals surface area contributed by atoms with Gasteiger partial charge in [-0.05, 0) is 30.7 Å². The number of nitrogens with zero attached hydrogens (tertiary/aromatic N) is 2. The van der Waals surface area contributed by atoms with Gasteiger partial charge in [0.1, 0.15) is 0 Å². The summed E-state index contributed by atoms with van der Waals surface area (Å²) < 4.78 is 0. The van der Waals surface area contributed by atoms with Gasteiger partial charge in [-0.15, -0.1) is 11.8 Å². The van der Waals surface area contributed by atoms with Crippen LogP contribution in [0.25, 0.3) is 0 Å². The van der Waals surface area contributed by atoms with Crippen molar-refractivity contribution in [2.75, 3.05) is 11.4 Å². The number of benzene rings is 1. The summed E-state index contributed by atoms with van der Waals surface area (Å²) in [6.07, 6.45) is 4.32. The average molecular weight is 284 g/mol. The Morgan fingerprint density at radius 2 is 2.00 bits per heavy atom. The van der Waals surface area contributed by atoms with Crippen LogP contribution in [0.2, 0.25) is 0 Å². The van der Waals surface area contributed by atoms with Crippen LogP contribution < -0.4 is 4.90 Å². The summed E-state index contributed by atoms with van der Waals surface area (Å²) in [5.74, 6) is 0.0505. The van der Waals surface area contributed by atoms with Crippen LogP contribution in [-0.4, -0.2) is 22.7 Å². The van der Waals surface area contributed by atoms with E-state index in [1.165, 1.54) is 4.90 Å². The van der Waals surface area contributed by atoms with Crippen LogP contribution in [0.15, 0.2) is 53.7 Å². The molecular formula is C16H16N2OS. The smallest absolute Gasteiger partial charge is 0.258 e. The number of carbonyl (C=O) groups is 1. The van der Waals surface area contributed by atoms with E-state index in [-0.39, 0.29) is 5.91 Å². The molecule has 1 aromatic heterocycles. The molecule has 1 aliphatic rings. The standard InChI is InChI=1S/C16H16N2OS/c1-12-8-11-18(14-4-2-3-5-15(14)20-12)16(19)13-6-9-17-10-7-13/h2-7,9-10,12H,8,11H2,1H3. The average Bonchev–Trinajstić information content (AvgIpc) is 2.66. The molecule has 1 aliphatic heterocycles. The molecule has 2 heterocycles. The number of aromatic nitrogens is 1. The molecule has 0 N–H and O–H groups in total. The third-order valence-corrected chi connectivity index (χ3v) is 4.65. The van der Waals surface area contributed by atoms with Crippen LogP contribution in [0.3, 0.4) is 0 Å². The molecule has 1 unspecified atom stereocenters. The molecule has 0 spiro atoms. The summed E-state index contributed by atoms with van der Waals surface area (Å²) in [5, 5.41) is 0.520. The van der Waals surface area contributed by atoms with Gasteiger partial charge in [0, 0.05) is 34.6 Å². The number of amides is 1. The highest BCUT2D eigenvalue weighted by molar-refractivity contribution is 8.00. The number of rotatable bonds is 1. The number of anilines is 1. The zero-order valence-corrected chi connectivity index (χ0v) is 12.1. The second-order valence-electron chi connectivity index (χ2n) is 4.88. The summed E-state index contributed by atoms with van der Waals surface area (Å²) in [6, 6.07) is 11.7. The monoisotopic (exact) mass is 284 g/mol. The van der Waals surface area contributed by atoms with E-state index in [1.54, 1.807) is 24.5 Å². The third kappa shape index (κ3) is 2.56. The Morgan fingerprint density at radius 3 is 2.80 bits per heavy atom. The minimum atomic E-state index is 0.0505. The Labute approximate surface area is 123 Å². The lowest BCUT2D eigenvalue weighted by atomic mass is 10.2. The lowest BCUT2D eigenvalue weighted by molar-refractivity contribution is 0.0986. The molecule has 3 rings (SSSR count). The lowest BCUT2D eigenvalue weighted by Gasteiger charge is -2.22. The minimum absolute atomic E-state index is 0.0505. The normalized spacial score (nSPS) is 18.2. The topological polar surface area (TPSA) is 33.2 Å². The molecule has 0 radical (unpaired) electrons. The van der Waals surface area contributed by atoms with Gasteiger partial charge in [0.25, 0.3) is 5.91 Å². The highest BCUT2D eigenvalue weighted by Gasteiger charge is 2.24. The predicted molar refractivity (Wildman–Crippen MR) is 82.3 cm³/mol. The quantitative estimate of drug-likeness (QED) is 0.802. The first-order chi connectivity index (χ1) is 9.75. The van der Waals surface area contributed by atoms with Crippen molar-refractivity contribution in [2.24, 2.45) is 0 Å². The van der Waals surface area contributed by atoms with Gasteiger partial charge in [-0.3, -0.25) is 9.78 Å². The van der Waals surface area contributed by atoms with Gasteiger partial charge in [0.05, 0.1) is 5.69 Å². The molecule has 4 heteroatoms. The zero-order chi connectivity index (χ0) is 13.9. The van der Waals surface area contributed by atoms with E-state index in [2.05, 4.69) is 18.0 Å². The minimum Gasteiger partial charge on any atom is -0.307 e. The SMILES string of the molecule is CC1CCN(C(=O)c2ccncc2)c2ccccc2S1. The Hall–Kier alpha value is -1.81. The van der Waals surface area contributed by atoms with Crippen LogP contribution >= 0.6 is 11.8 Å². The molecule has 0 saturated heterocycles. The molecule has 1 aromatic carbocycles. The van der Waals surface area contributed by atoms with E-state index in [0.717, 1.165) is 18.7 Å². The highest BCUT2D eigenvalue weighted by atomic mass is 32.2. The summed E-state index contributed by atoms with van der Waals surface area (Å²) in [6.45, 7) is 2.97. The summed E-state index contributed by atoms with van der Waals surface area (Å²) in [4.78, 5) is 19.8. The first kappa shape index (κ1) is 13.2. The summed E-state index contributed by atoms with van der Waals surface area (Å²) >= 11 is 1.84. The molecule has 0 bridgehead atoms. The van der Waals surface area contributed by atoms with Gasteiger partial charge >= 0.3 is 0 Å². The van der Waals surface area contributed by atoms with Crippen LogP contribution in [0, 0.1) is 0 Å². The molecule has 1 atom stereocenters. The Balaban J connectivity index is 1.99. The number of thioether (sulfide) groups is 1. The number of pyridine rings is 1. The fourth-order valence-electron chi connectivity index (χ4n) is 2.35. The largest absolute Gasteiger partial charge is 0.307 e. The third-order valence-electron chi connectivity index (χ3n) is 3.42. The first-order valence-corrected chi connectivity index (χ1v) is 7.61. The maximum absolute atomic E-state index is 12.7. The van der Waals surface area contributed by atoms with Gasteiger partial charge in [0.15, 0.2) is 0 Å². The second kappa shape index (κ2) is 5.67. The molecule has 0 aliphatic carbocycles. The van der Waals surface area contributed by atoms with Crippen LogP contribution in [-0.2, 0) is 0 Å². The van der Waals surface area contributed by atoms with Gasteiger partial charge in [-0.2, -0.15) is 0 Å². The van der Waals surface area contributed by atoms with Crippen LogP contribution in [0.1, 0.15) is 23.7 Å². The van der Waals surface area contributed by atoms with E-state index in [1.807, 2.05) is 34.9 Å². The Bertz CT molecular complexity index is 615. The Kier molecular flexibility index (Phi) is 3.74. The second-order valence-corrected chi connectivity index (χ2v) is 6.36. The van der Waals surface area contributed by atoms with E-state index < -0.39 is 0 Å². The predicted octanol–water partition coefficient (Wildman–Crippen LogP) is 3.61. The number of hydrogen-bond donors (Lipinski definition) is 0. The van der Waals surface area contributed by atoms with Crippen molar-refractivity contribution in [3.63, 3.8) is 0 Å². The lowest BCUT2D eigenvalue weighted by Crippen LogP contribution is -2.32. The highest BCUT2D eigenvalue weighted by Crippen LogP contribution is 2.37. The molecule has 2 aromatic rings. The zero-order valence-electron chi connectivity index (χ0n) is 11.3. The van der Waals surface area contributed by atoms with E-state index in [0.29, 0.717) is 10.8 Å². The fraction of sp³-hybridized carbons (Fsp3) is 0.250. The number of para-hydroxylation sites is 1. The number of carbonyl (C=O) groups excluding carboxylic acids is 1. The van der Waals surface area contributed by atoms with Crippen molar-refractivity contribution < 1.29 is 4.79 Å². The van der Waals surface area contributed by atoms with Gasteiger partial charge in [-0.1, -0.05) is 19.1 Å². The van der Waals surface area contributed by atoms with Gasteiger partial charge in [0.2, 0.25) is 0 Å². The molecule has 102 valence electrons. The van der Waals surface area contributed by atoms with Crippen molar-refractivity contribution in [2.45, 2.75) is 23.5 Å². The molecule has 3 nitrogen and oxygen atoms in total. The van der Waals surface area contributed by atoms with E-state index in [4.69, 9.17) is 0 Å². The van der Waals surface area contributed by atoms with Crippen LogP contribution in [0.5, 0.6) is 0 Å². The van der Waals surface area contributed by atoms with Crippen molar-refractivity contribution in [3.8, 4) is 0 Å². The van der Waals surface area contributed by atoms with Crippen molar-refractivity contribution >= 4 is 23.4 Å². The van der Waals surface area contributed by atoms with Crippen molar-refractivity contribution in [3.05, 3.63) is 54.4 Å². The molecule has 0 fully saturated rings. The molecule has 0 saturated carbocycles. The van der Waals surface area contributed by atoms with Crippen LogP contribution in [0.4, 0.5) is 5.69 Å².